The summed E-state index contributed by atoms with van der Waals surface area (Å²) in [5, 5.41) is 12.1. The Hall–Kier alpha value is -2.58. The Labute approximate surface area is 156 Å². The fourth-order valence-electron chi connectivity index (χ4n) is 2.44. The molecule has 4 nitrogen and oxygen atoms in total. The number of para-hydroxylation sites is 1. The molecule has 0 heterocycles. The van der Waals surface area contributed by atoms with E-state index in [4.69, 9.17) is 0 Å². The number of hydrogen-bond donors (Lipinski definition) is 1. The van der Waals surface area contributed by atoms with Gasteiger partial charge in [-0.1, -0.05) is 24.3 Å². The van der Waals surface area contributed by atoms with Gasteiger partial charge in [0.1, 0.15) is 11.6 Å². The number of carbonyl (C=O) groups excluding carboxylic acids is 1. The van der Waals surface area contributed by atoms with Crippen LogP contribution in [0.3, 0.4) is 0 Å². The zero-order valence-corrected chi connectivity index (χ0v) is 15.9. The zero-order valence-electron chi connectivity index (χ0n) is 14.3. The van der Waals surface area contributed by atoms with Crippen LogP contribution in [0.2, 0.25) is 0 Å². The fraction of sp³-hybridized carbons (Fsp3) is 0.200. The topological polar surface area (TPSA) is 56.1 Å². The van der Waals surface area contributed by atoms with Crippen LogP contribution in [-0.2, 0) is 4.79 Å². The third kappa shape index (κ3) is 4.94. The second-order valence-electron chi connectivity index (χ2n) is 5.37. The van der Waals surface area contributed by atoms with Gasteiger partial charge in [-0.25, -0.2) is 0 Å². The van der Waals surface area contributed by atoms with Crippen molar-refractivity contribution < 1.29 is 4.79 Å². The maximum atomic E-state index is 12.3. The lowest BCUT2D eigenvalue weighted by molar-refractivity contribution is -0.112. The maximum absolute atomic E-state index is 12.3. The van der Waals surface area contributed by atoms with Gasteiger partial charge < -0.3 is 10.2 Å². The van der Waals surface area contributed by atoms with E-state index in [1.54, 1.807) is 12.1 Å². The molecule has 2 rings (SSSR count). The summed E-state index contributed by atoms with van der Waals surface area (Å²) in [6, 6.07) is 17.1. The lowest BCUT2D eigenvalue weighted by Crippen LogP contribution is -2.21. The largest absolute Gasteiger partial charge is 0.372 e. The summed E-state index contributed by atoms with van der Waals surface area (Å²) in [5.41, 5.74) is 2.63. The van der Waals surface area contributed by atoms with Crippen LogP contribution in [0.25, 0.3) is 6.08 Å². The highest BCUT2D eigenvalue weighted by Crippen LogP contribution is 2.22. The minimum atomic E-state index is -0.429. The Morgan fingerprint density at radius 3 is 2.36 bits per heavy atom. The third-order valence-electron chi connectivity index (χ3n) is 3.82. The molecule has 1 amide bonds. The van der Waals surface area contributed by atoms with Gasteiger partial charge >= 0.3 is 0 Å². The van der Waals surface area contributed by atoms with Crippen molar-refractivity contribution in [2.75, 3.05) is 23.3 Å². The SMILES string of the molecule is CCN(CC)c1ccc(/C=C(\C#N)C(=O)Nc2ccccc2Br)cc1. The molecule has 0 fully saturated rings. The van der Waals surface area contributed by atoms with Gasteiger partial charge in [0.05, 0.1) is 5.69 Å². The van der Waals surface area contributed by atoms with E-state index in [0.717, 1.165) is 28.8 Å². The van der Waals surface area contributed by atoms with Gasteiger partial charge in [0.15, 0.2) is 0 Å². The number of carbonyl (C=O) groups is 1. The van der Waals surface area contributed by atoms with Crippen molar-refractivity contribution in [3.63, 3.8) is 0 Å². The van der Waals surface area contributed by atoms with E-state index in [1.165, 1.54) is 0 Å². The first-order valence-corrected chi connectivity index (χ1v) is 8.91. The predicted molar refractivity (Wildman–Crippen MR) is 106 cm³/mol. The van der Waals surface area contributed by atoms with Crippen LogP contribution in [0.4, 0.5) is 11.4 Å². The lowest BCUT2D eigenvalue weighted by atomic mass is 10.1. The van der Waals surface area contributed by atoms with Crippen LogP contribution < -0.4 is 10.2 Å². The van der Waals surface area contributed by atoms with E-state index in [2.05, 4.69) is 40.0 Å². The van der Waals surface area contributed by atoms with Crippen molar-refractivity contribution in [3.8, 4) is 6.07 Å². The fourth-order valence-corrected chi connectivity index (χ4v) is 2.82. The highest BCUT2D eigenvalue weighted by atomic mass is 79.9. The number of halogens is 1. The van der Waals surface area contributed by atoms with Crippen molar-refractivity contribution in [2.45, 2.75) is 13.8 Å². The van der Waals surface area contributed by atoms with Crippen LogP contribution in [0.15, 0.2) is 58.6 Å². The lowest BCUT2D eigenvalue weighted by Gasteiger charge is -2.20. The zero-order chi connectivity index (χ0) is 18.2. The van der Waals surface area contributed by atoms with Gasteiger partial charge in [0.2, 0.25) is 0 Å². The van der Waals surface area contributed by atoms with Crippen molar-refractivity contribution in [1.29, 1.82) is 5.26 Å². The van der Waals surface area contributed by atoms with Crippen LogP contribution in [0.1, 0.15) is 19.4 Å². The average molecular weight is 398 g/mol. The highest BCUT2D eigenvalue weighted by Gasteiger charge is 2.11. The summed E-state index contributed by atoms with van der Waals surface area (Å²) in [6.07, 6.45) is 1.60. The number of amides is 1. The molecule has 0 aliphatic rings. The van der Waals surface area contributed by atoms with Crippen LogP contribution in [0, 0.1) is 11.3 Å². The summed E-state index contributed by atoms with van der Waals surface area (Å²) >= 11 is 3.38. The number of nitriles is 1. The minimum absolute atomic E-state index is 0.0614. The number of nitrogens with one attached hydrogen (secondary N) is 1. The second kappa shape index (κ2) is 9.05. The Morgan fingerprint density at radius 1 is 1.16 bits per heavy atom. The Balaban J connectivity index is 2.18. The number of anilines is 2. The molecule has 0 atom stereocenters. The van der Waals surface area contributed by atoms with Gasteiger partial charge in [-0.2, -0.15) is 5.26 Å². The van der Waals surface area contributed by atoms with Crippen molar-refractivity contribution in [1.82, 2.24) is 0 Å². The first-order valence-electron chi connectivity index (χ1n) is 8.11. The summed E-state index contributed by atoms with van der Waals surface area (Å²) in [7, 11) is 0. The molecule has 128 valence electrons. The summed E-state index contributed by atoms with van der Waals surface area (Å²) < 4.78 is 0.768. The summed E-state index contributed by atoms with van der Waals surface area (Å²) in [6.45, 7) is 6.08. The third-order valence-corrected chi connectivity index (χ3v) is 4.51. The number of benzene rings is 2. The molecule has 0 aliphatic heterocycles. The van der Waals surface area contributed by atoms with Gasteiger partial charge in [0, 0.05) is 23.2 Å². The van der Waals surface area contributed by atoms with Gasteiger partial charge in [-0.05, 0) is 65.7 Å². The molecule has 1 N–H and O–H groups in total. The average Bonchev–Trinajstić information content (AvgIpc) is 2.63. The van der Waals surface area contributed by atoms with Crippen molar-refractivity contribution >= 4 is 39.3 Å². The van der Waals surface area contributed by atoms with Crippen LogP contribution in [-0.4, -0.2) is 19.0 Å². The number of hydrogen-bond acceptors (Lipinski definition) is 3. The van der Waals surface area contributed by atoms with Crippen LogP contribution >= 0.6 is 15.9 Å². The molecule has 0 radical (unpaired) electrons. The van der Waals surface area contributed by atoms with Crippen LogP contribution in [0.5, 0.6) is 0 Å². The van der Waals surface area contributed by atoms with Crippen molar-refractivity contribution in [3.05, 3.63) is 64.1 Å². The van der Waals surface area contributed by atoms with E-state index >= 15 is 0 Å². The molecule has 0 saturated carbocycles. The molecule has 0 unspecified atom stereocenters. The van der Waals surface area contributed by atoms with Crippen molar-refractivity contribution in [2.24, 2.45) is 0 Å². The summed E-state index contributed by atoms with van der Waals surface area (Å²) in [4.78, 5) is 14.6. The molecule has 0 bridgehead atoms. The Bertz CT molecular complexity index is 802. The second-order valence-corrected chi connectivity index (χ2v) is 6.22. The predicted octanol–water partition coefficient (Wildman–Crippen LogP) is 4.84. The smallest absolute Gasteiger partial charge is 0.266 e. The minimum Gasteiger partial charge on any atom is -0.372 e. The van der Waals surface area contributed by atoms with E-state index in [0.29, 0.717) is 5.69 Å². The molecule has 2 aromatic carbocycles. The molecule has 5 heteroatoms. The first-order chi connectivity index (χ1) is 12.1. The molecule has 25 heavy (non-hydrogen) atoms. The van der Waals surface area contributed by atoms with E-state index in [9.17, 15) is 10.1 Å². The molecule has 2 aromatic rings. The molecular weight excluding hydrogens is 378 g/mol. The normalized spacial score (nSPS) is 10.9. The molecular formula is C20H20BrN3O. The molecule has 0 saturated heterocycles. The van der Waals surface area contributed by atoms with Gasteiger partial charge in [0.25, 0.3) is 5.91 Å². The Kier molecular flexibility index (Phi) is 6.79. The molecule has 0 spiro atoms. The quantitative estimate of drug-likeness (QED) is 0.560. The van der Waals surface area contributed by atoms with E-state index in [1.807, 2.05) is 48.5 Å². The van der Waals surface area contributed by atoms with E-state index < -0.39 is 5.91 Å². The Morgan fingerprint density at radius 2 is 1.80 bits per heavy atom. The number of nitrogens with zero attached hydrogens (tertiary/aromatic N) is 2. The maximum Gasteiger partial charge on any atom is 0.266 e. The first kappa shape index (κ1) is 18.8. The van der Waals surface area contributed by atoms with Gasteiger partial charge in [-0.15, -0.1) is 0 Å². The number of rotatable bonds is 6. The highest BCUT2D eigenvalue weighted by molar-refractivity contribution is 9.10. The summed E-state index contributed by atoms with van der Waals surface area (Å²) in [5.74, 6) is -0.429. The standard InChI is InChI=1S/C20H20BrN3O/c1-3-24(4-2)17-11-9-15(10-12-17)13-16(14-22)20(25)23-19-8-6-5-7-18(19)21/h5-13H,3-4H2,1-2H3,(H,23,25)/b16-13+. The van der Waals surface area contributed by atoms with Gasteiger partial charge in [-0.3, -0.25) is 4.79 Å². The van der Waals surface area contributed by atoms with E-state index in [-0.39, 0.29) is 5.57 Å². The monoisotopic (exact) mass is 397 g/mol. The molecule has 0 aliphatic carbocycles. The molecule has 0 aromatic heterocycles.